The van der Waals surface area contributed by atoms with Crippen molar-refractivity contribution >= 4 is 23.4 Å². The maximum atomic E-state index is 12.3. The lowest BCUT2D eigenvalue weighted by Gasteiger charge is -2.15. The number of hydrogen-bond donors (Lipinski definition) is 2. The number of rotatable bonds is 3. The molecule has 0 saturated carbocycles. The lowest BCUT2D eigenvalue weighted by molar-refractivity contribution is -0.122. The molecule has 1 aromatic rings. The molecule has 21 heavy (non-hydrogen) atoms. The largest absolute Gasteiger partial charge is 0.354 e. The number of amides is 2. The van der Waals surface area contributed by atoms with Crippen molar-refractivity contribution in [1.82, 2.24) is 20.6 Å². The molecule has 2 amide bonds. The van der Waals surface area contributed by atoms with Gasteiger partial charge in [0.1, 0.15) is 17.6 Å². The molecule has 7 heteroatoms. The highest BCUT2D eigenvalue weighted by Gasteiger charge is 2.25. The van der Waals surface area contributed by atoms with Crippen molar-refractivity contribution < 1.29 is 9.59 Å². The van der Waals surface area contributed by atoms with Crippen molar-refractivity contribution in [1.29, 1.82) is 0 Å². The number of halogens is 1. The van der Waals surface area contributed by atoms with Crippen molar-refractivity contribution in [3.05, 3.63) is 22.7 Å². The van der Waals surface area contributed by atoms with Crippen LogP contribution < -0.4 is 10.6 Å². The van der Waals surface area contributed by atoms with Crippen LogP contribution in [0.15, 0.2) is 6.20 Å². The van der Waals surface area contributed by atoms with E-state index in [0.717, 1.165) is 12.8 Å². The van der Waals surface area contributed by atoms with Gasteiger partial charge in [-0.05, 0) is 19.3 Å². The first kappa shape index (κ1) is 15.7. The smallest absolute Gasteiger partial charge is 0.272 e. The molecule has 1 aliphatic heterocycles. The van der Waals surface area contributed by atoms with Crippen molar-refractivity contribution in [3.8, 4) is 0 Å². The lowest BCUT2D eigenvalue weighted by atomic mass is 10.1. The van der Waals surface area contributed by atoms with E-state index in [0.29, 0.717) is 18.8 Å². The van der Waals surface area contributed by atoms with E-state index in [4.69, 9.17) is 11.6 Å². The van der Waals surface area contributed by atoms with Crippen LogP contribution in [-0.2, 0) is 4.79 Å². The fraction of sp³-hybridized carbons (Fsp3) is 0.571. The molecule has 1 unspecified atom stereocenters. The highest BCUT2D eigenvalue weighted by molar-refractivity contribution is 6.33. The number of nitrogens with zero attached hydrogens (tertiary/aromatic N) is 2. The monoisotopic (exact) mass is 310 g/mol. The van der Waals surface area contributed by atoms with E-state index in [1.54, 1.807) is 0 Å². The molecule has 1 atom stereocenters. The number of nitrogens with one attached hydrogen (secondary N) is 2. The predicted octanol–water partition coefficient (Wildman–Crippen LogP) is 1.65. The van der Waals surface area contributed by atoms with E-state index in [-0.39, 0.29) is 22.5 Å². The third-order valence-corrected chi connectivity index (χ3v) is 3.61. The summed E-state index contributed by atoms with van der Waals surface area (Å²) < 4.78 is 0. The van der Waals surface area contributed by atoms with Crippen LogP contribution in [0.5, 0.6) is 0 Å². The second kappa shape index (κ2) is 6.85. The quantitative estimate of drug-likeness (QED) is 0.889. The molecule has 2 N–H and O–H groups in total. The summed E-state index contributed by atoms with van der Waals surface area (Å²) in [6.45, 7) is 4.52. The zero-order valence-electron chi connectivity index (χ0n) is 12.1. The number of hydrogen-bond acceptors (Lipinski definition) is 4. The maximum absolute atomic E-state index is 12.3. The van der Waals surface area contributed by atoms with Crippen LogP contribution in [0.3, 0.4) is 0 Å². The highest BCUT2D eigenvalue weighted by Crippen LogP contribution is 2.17. The topological polar surface area (TPSA) is 84.0 Å². The van der Waals surface area contributed by atoms with Crippen LogP contribution >= 0.6 is 11.6 Å². The third kappa shape index (κ3) is 3.91. The van der Waals surface area contributed by atoms with Crippen LogP contribution in [0.1, 0.15) is 55.3 Å². The summed E-state index contributed by atoms with van der Waals surface area (Å²) in [5.74, 6) is 0.0475. The molecule has 114 valence electrons. The van der Waals surface area contributed by atoms with Gasteiger partial charge in [-0.15, -0.1) is 0 Å². The second-order valence-electron chi connectivity index (χ2n) is 5.39. The minimum Gasteiger partial charge on any atom is -0.354 e. The minimum absolute atomic E-state index is 0.0926. The van der Waals surface area contributed by atoms with Gasteiger partial charge in [-0.2, -0.15) is 0 Å². The van der Waals surface area contributed by atoms with Crippen molar-refractivity contribution in [2.45, 2.75) is 45.1 Å². The number of carbonyl (C=O) groups is 2. The Bertz CT molecular complexity index is 548. The Hall–Kier alpha value is -1.69. The summed E-state index contributed by atoms with van der Waals surface area (Å²) >= 11 is 6.00. The first-order valence-electron chi connectivity index (χ1n) is 7.10. The van der Waals surface area contributed by atoms with E-state index >= 15 is 0 Å². The fourth-order valence-electron chi connectivity index (χ4n) is 2.12. The first-order chi connectivity index (χ1) is 9.99. The van der Waals surface area contributed by atoms with Crippen molar-refractivity contribution in [3.63, 3.8) is 0 Å². The molecule has 6 nitrogen and oxygen atoms in total. The molecule has 0 spiro atoms. The molecule has 1 aliphatic rings. The van der Waals surface area contributed by atoms with E-state index in [9.17, 15) is 9.59 Å². The van der Waals surface area contributed by atoms with E-state index in [1.165, 1.54) is 6.20 Å². The van der Waals surface area contributed by atoms with Gasteiger partial charge >= 0.3 is 0 Å². The first-order valence-corrected chi connectivity index (χ1v) is 7.48. The van der Waals surface area contributed by atoms with Crippen LogP contribution in [0.25, 0.3) is 0 Å². The lowest BCUT2D eigenvalue weighted by Crippen LogP contribution is -2.45. The van der Waals surface area contributed by atoms with Gasteiger partial charge < -0.3 is 10.6 Å². The van der Waals surface area contributed by atoms with Crippen LogP contribution in [0, 0.1) is 0 Å². The Morgan fingerprint density at radius 2 is 2.24 bits per heavy atom. The highest BCUT2D eigenvalue weighted by atomic mass is 35.5. The molecule has 1 aromatic heterocycles. The normalized spacial score (nSPS) is 19.0. The van der Waals surface area contributed by atoms with Gasteiger partial charge in [0.2, 0.25) is 5.91 Å². The van der Waals surface area contributed by atoms with Gasteiger partial charge in [0.05, 0.1) is 11.2 Å². The van der Waals surface area contributed by atoms with Crippen LogP contribution in [0.2, 0.25) is 5.02 Å². The Kier molecular flexibility index (Phi) is 5.12. The minimum atomic E-state index is -0.534. The van der Waals surface area contributed by atoms with E-state index in [1.807, 2.05) is 13.8 Å². The molecule has 0 aromatic carbocycles. The summed E-state index contributed by atoms with van der Waals surface area (Å²) in [7, 11) is 0. The maximum Gasteiger partial charge on any atom is 0.272 e. The van der Waals surface area contributed by atoms with E-state index in [2.05, 4.69) is 20.6 Å². The predicted molar refractivity (Wildman–Crippen MR) is 79.2 cm³/mol. The average Bonchev–Trinajstić information content (AvgIpc) is 2.64. The average molecular weight is 311 g/mol. The fourth-order valence-corrected chi connectivity index (χ4v) is 2.30. The third-order valence-electron chi connectivity index (χ3n) is 3.33. The summed E-state index contributed by atoms with van der Waals surface area (Å²) in [5.41, 5.74) is 0.118. The Labute approximate surface area is 128 Å². The molecule has 2 heterocycles. The zero-order chi connectivity index (χ0) is 15.4. The molecular weight excluding hydrogens is 292 g/mol. The standard InChI is InChI=1S/C14H19ClN4O2/c1-8(2)12-17-7-9(15)11(19-12)14(21)18-10-5-3-4-6-16-13(10)20/h7-8,10H,3-6H2,1-2H3,(H,16,20)(H,18,21). The number of aromatic nitrogens is 2. The van der Waals surface area contributed by atoms with Crippen molar-refractivity contribution in [2.75, 3.05) is 6.54 Å². The van der Waals surface area contributed by atoms with Crippen LogP contribution in [0.4, 0.5) is 0 Å². The Balaban J connectivity index is 2.15. The van der Waals surface area contributed by atoms with Gasteiger partial charge in [0.25, 0.3) is 5.91 Å². The van der Waals surface area contributed by atoms with Crippen molar-refractivity contribution in [2.24, 2.45) is 0 Å². The Morgan fingerprint density at radius 3 is 2.95 bits per heavy atom. The second-order valence-corrected chi connectivity index (χ2v) is 5.80. The SMILES string of the molecule is CC(C)c1ncc(Cl)c(C(=O)NC2CCCCNC2=O)n1. The molecule has 1 saturated heterocycles. The Morgan fingerprint density at radius 1 is 1.48 bits per heavy atom. The zero-order valence-corrected chi connectivity index (χ0v) is 12.9. The van der Waals surface area contributed by atoms with Gasteiger partial charge in [0.15, 0.2) is 0 Å². The van der Waals surface area contributed by atoms with E-state index < -0.39 is 11.9 Å². The molecule has 0 radical (unpaired) electrons. The van der Waals surface area contributed by atoms with Gasteiger partial charge in [0, 0.05) is 12.5 Å². The van der Waals surface area contributed by atoms with Crippen LogP contribution in [-0.4, -0.2) is 34.4 Å². The van der Waals surface area contributed by atoms with Gasteiger partial charge in [-0.3, -0.25) is 9.59 Å². The van der Waals surface area contributed by atoms with Gasteiger partial charge in [-0.1, -0.05) is 25.4 Å². The summed E-state index contributed by atoms with van der Waals surface area (Å²) in [5, 5.41) is 5.67. The number of carbonyl (C=O) groups excluding carboxylic acids is 2. The molecule has 2 rings (SSSR count). The molecule has 0 bridgehead atoms. The summed E-state index contributed by atoms with van der Waals surface area (Å²) in [6, 6.07) is -0.534. The molecular formula is C14H19ClN4O2. The summed E-state index contributed by atoms with van der Waals surface area (Å²) in [4.78, 5) is 32.4. The summed E-state index contributed by atoms with van der Waals surface area (Å²) in [6.07, 6.45) is 3.85. The molecule has 1 fully saturated rings. The van der Waals surface area contributed by atoms with Gasteiger partial charge in [-0.25, -0.2) is 9.97 Å². The molecule has 0 aliphatic carbocycles.